The van der Waals surface area contributed by atoms with Crippen LogP contribution in [-0.4, -0.2) is 29.1 Å². The highest BCUT2D eigenvalue weighted by atomic mass is 32.1. The molecule has 78 valence electrons. The molecule has 0 bridgehead atoms. The second kappa shape index (κ2) is 3.74. The van der Waals surface area contributed by atoms with Gasteiger partial charge in [-0.15, -0.1) is 9.47 Å². The third-order valence-electron chi connectivity index (χ3n) is 1.84. The lowest BCUT2D eigenvalue weighted by Crippen LogP contribution is -1.83. The standard InChI is InChI=1S/C8H4N6OS/c1-2-5(4-9-3-1)6-10-8(15-12-6)7-11-14-16-13-7/h1-4H. The normalized spacial score (nSPS) is 10.5. The van der Waals surface area contributed by atoms with Gasteiger partial charge in [-0.2, -0.15) is 4.98 Å². The smallest absolute Gasteiger partial charge is 0.299 e. The van der Waals surface area contributed by atoms with Gasteiger partial charge in [-0.3, -0.25) is 4.98 Å². The lowest BCUT2D eigenvalue weighted by molar-refractivity contribution is 0.429. The Hall–Kier alpha value is -2.22. The van der Waals surface area contributed by atoms with Crippen molar-refractivity contribution in [1.29, 1.82) is 0 Å². The molecule has 0 aromatic carbocycles. The van der Waals surface area contributed by atoms with Gasteiger partial charge in [0.15, 0.2) is 0 Å². The summed E-state index contributed by atoms with van der Waals surface area (Å²) in [6.45, 7) is 0. The Morgan fingerprint density at radius 2 is 2.25 bits per heavy atom. The first-order valence-corrected chi connectivity index (χ1v) is 5.06. The predicted octanol–water partition coefficient (Wildman–Crippen LogP) is 1.05. The molecular formula is C8H4N6OS. The van der Waals surface area contributed by atoms with Gasteiger partial charge in [0, 0.05) is 18.0 Å². The Labute approximate surface area is 93.5 Å². The molecule has 0 saturated carbocycles. The number of nitrogens with zero attached hydrogens (tertiary/aromatic N) is 6. The summed E-state index contributed by atoms with van der Waals surface area (Å²) < 4.78 is 12.5. The second-order valence-electron chi connectivity index (χ2n) is 2.84. The summed E-state index contributed by atoms with van der Waals surface area (Å²) in [4.78, 5) is 8.12. The highest BCUT2D eigenvalue weighted by molar-refractivity contribution is 6.99. The molecule has 8 heteroatoms. The van der Waals surface area contributed by atoms with Crippen LogP contribution in [0.15, 0.2) is 29.0 Å². The molecule has 3 aromatic rings. The van der Waals surface area contributed by atoms with E-state index in [4.69, 9.17) is 4.52 Å². The maximum atomic E-state index is 5.02. The van der Waals surface area contributed by atoms with Gasteiger partial charge >= 0.3 is 0 Å². The van der Waals surface area contributed by atoms with Crippen LogP contribution in [0.25, 0.3) is 23.1 Å². The first-order valence-electron chi connectivity index (χ1n) is 4.33. The molecule has 0 aliphatic heterocycles. The van der Waals surface area contributed by atoms with Crippen molar-refractivity contribution in [3.8, 4) is 23.1 Å². The molecule has 0 spiro atoms. The molecule has 0 saturated heterocycles. The van der Waals surface area contributed by atoms with E-state index in [1.54, 1.807) is 18.5 Å². The first-order chi connectivity index (χ1) is 7.93. The zero-order valence-electron chi connectivity index (χ0n) is 7.81. The Bertz CT molecular complexity index is 578. The van der Waals surface area contributed by atoms with Crippen LogP contribution in [0.1, 0.15) is 0 Å². The van der Waals surface area contributed by atoms with Gasteiger partial charge in [0.1, 0.15) is 0 Å². The van der Waals surface area contributed by atoms with E-state index in [2.05, 4.69) is 29.1 Å². The lowest BCUT2D eigenvalue weighted by Gasteiger charge is -1.89. The SMILES string of the molecule is c1cncc(-c2noc(-c3nnsn3)n2)c1. The van der Waals surface area contributed by atoms with Crippen molar-refractivity contribution < 1.29 is 4.52 Å². The fourth-order valence-corrected chi connectivity index (χ4v) is 1.48. The van der Waals surface area contributed by atoms with Crippen molar-refractivity contribution in [3.63, 3.8) is 0 Å². The van der Waals surface area contributed by atoms with E-state index >= 15 is 0 Å². The monoisotopic (exact) mass is 232 g/mol. The zero-order valence-corrected chi connectivity index (χ0v) is 8.63. The molecule has 3 heterocycles. The largest absolute Gasteiger partial charge is 0.330 e. The average molecular weight is 232 g/mol. The van der Waals surface area contributed by atoms with Crippen molar-refractivity contribution in [2.75, 3.05) is 0 Å². The topological polar surface area (TPSA) is 90.5 Å². The van der Waals surface area contributed by atoms with Crippen LogP contribution in [0.3, 0.4) is 0 Å². The minimum absolute atomic E-state index is 0.257. The molecule has 0 aliphatic carbocycles. The summed E-state index contributed by atoms with van der Waals surface area (Å²) in [5.74, 6) is 1.05. The maximum absolute atomic E-state index is 5.02. The summed E-state index contributed by atoms with van der Waals surface area (Å²) in [7, 11) is 0. The van der Waals surface area contributed by atoms with E-state index in [1.165, 1.54) is 0 Å². The third kappa shape index (κ3) is 1.54. The maximum Gasteiger partial charge on any atom is 0.299 e. The molecule has 0 unspecified atom stereocenters. The summed E-state index contributed by atoms with van der Waals surface area (Å²) in [6.07, 6.45) is 3.33. The van der Waals surface area contributed by atoms with Crippen LogP contribution in [0.2, 0.25) is 0 Å². The number of aromatic nitrogens is 6. The van der Waals surface area contributed by atoms with E-state index in [9.17, 15) is 0 Å². The van der Waals surface area contributed by atoms with E-state index in [0.29, 0.717) is 11.6 Å². The van der Waals surface area contributed by atoms with E-state index < -0.39 is 0 Å². The lowest BCUT2D eigenvalue weighted by atomic mass is 10.3. The summed E-state index contributed by atoms with van der Waals surface area (Å²) in [6, 6.07) is 3.64. The van der Waals surface area contributed by atoms with E-state index in [1.807, 2.05) is 6.07 Å². The van der Waals surface area contributed by atoms with Gasteiger partial charge in [0.2, 0.25) is 5.82 Å². The van der Waals surface area contributed by atoms with Gasteiger partial charge in [-0.1, -0.05) is 9.64 Å². The van der Waals surface area contributed by atoms with Crippen molar-refractivity contribution in [3.05, 3.63) is 24.5 Å². The zero-order chi connectivity index (χ0) is 10.8. The Balaban J connectivity index is 2.00. The number of pyridine rings is 1. The van der Waals surface area contributed by atoms with Crippen LogP contribution < -0.4 is 0 Å². The first kappa shape index (κ1) is 9.04. The molecular weight excluding hydrogens is 228 g/mol. The average Bonchev–Trinajstić information content (AvgIpc) is 3.01. The number of hydrogen-bond donors (Lipinski definition) is 0. The Morgan fingerprint density at radius 3 is 3.00 bits per heavy atom. The highest BCUT2D eigenvalue weighted by Gasteiger charge is 2.13. The third-order valence-corrected chi connectivity index (χ3v) is 2.25. The van der Waals surface area contributed by atoms with Crippen molar-refractivity contribution in [2.45, 2.75) is 0 Å². The van der Waals surface area contributed by atoms with Crippen LogP contribution in [0.5, 0.6) is 0 Å². The molecule has 3 rings (SSSR count). The van der Waals surface area contributed by atoms with Crippen molar-refractivity contribution >= 4 is 11.7 Å². The van der Waals surface area contributed by atoms with Gasteiger partial charge in [0.25, 0.3) is 11.7 Å². The number of rotatable bonds is 2. The van der Waals surface area contributed by atoms with Gasteiger partial charge in [-0.25, -0.2) is 0 Å². The van der Waals surface area contributed by atoms with Crippen LogP contribution in [0.4, 0.5) is 0 Å². The highest BCUT2D eigenvalue weighted by Crippen LogP contribution is 2.18. The van der Waals surface area contributed by atoms with Gasteiger partial charge < -0.3 is 4.52 Å². The minimum Gasteiger partial charge on any atom is -0.330 e. The minimum atomic E-state index is 0.257. The molecule has 0 aliphatic rings. The fraction of sp³-hybridized carbons (Fsp3) is 0. The van der Waals surface area contributed by atoms with Gasteiger partial charge in [-0.05, 0) is 12.1 Å². The van der Waals surface area contributed by atoms with Crippen LogP contribution >= 0.6 is 11.7 Å². The van der Waals surface area contributed by atoms with Crippen molar-refractivity contribution in [2.24, 2.45) is 0 Å². The Kier molecular flexibility index (Phi) is 2.11. The molecule has 3 aromatic heterocycles. The fourth-order valence-electron chi connectivity index (χ4n) is 1.14. The van der Waals surface area contributed by atoms with E-state index in [-0.39, 0.29) is 5.89 Å². The predicted molar refractivity (Wildman–Crippen MR) is 54.2 cm³/mol. The molecule has 7 nitrogen and oxygen atoms in total. The molecule has 0 N–H and O–H groups in total. The summed E-state index contributed by atoms with van der Waals surface area (Å²) >= 11 is 0.988. The van der Waals surface area contributed by atoms with E-state index in [0.717, 1.165) is 17.3 Å². The molecule has 0 fully saturated rings. The summed E-state index contributed by atoms with van der Waals surface area (Å²) in [5.41, 5.74) is 0.778. The van der Waals surface area contributed by atoms with Crippen LogP contribution in [-0.2, 0) is 0 Å². The molecule has 0 atom stereocenters. The molecule has 0 radical (unpaired) electrons. The van der Waals surface area contributed by atoms with Crippen molar-refractivity contribution in [1.82, 2.24) is 29.1 Å². The van der Waals surface area contributed by atoms with Gasteiger partial charge in [0.05, 0.1) is 11.7 Å². The molecule has 16 heavy (non-hydrogen) atoms. The second-order valence-corrected chi connectivity index (χ2v) is 3.35. The molecule has 0 amide bonds. The number of hydrogen-bond acceptors (Lipinski definition) is 8. The Morgan fingerprint density at radius 1 is 1.25 bits per heavy atom. The summed E-state index contributed by atoms with van der Waals surface area (Å²) in [5, 5.41) is 7.55. The van der Waals surface area contributed by atoms with Crippen LogP contribution in [0, 0.1) is 0 Å². The quantitative estimate of drug-likeness (QED) is 0.652.